The van der Waals surface area contributed by atoms with Gasteiger partial charge in [-0.2, -0.15) is 0 Å². The van der Waals surface area contributed by atoms with Gasteiger partial charge in [-0.25, -0.2) is 14.2 Å². The number of rotatable bonds is 8. The van der Waals surface area contributed by atoms with E-state index in [1.165, 1.54) is 28.0 Å². The van der Waals surface area contributed by atoms with E-state index in [1.807, 2.05) is 66.7 Å². The molecule has 0 N–H and O–H groups in total. The van der Waals surface area contributed by atoms with Crippen LogP contribution in [0.1, 0.15) is 35.2 Å². The van der Waals surface area contributed by atoms with Crippen molar-refractivity contribution in [2.24, 2.45) is 4.99 Å². The van der Waals surface area contributed by atoms with E-state index in [0.717, 1.165) is 18.1 Å². The van der Waals surface area contributed by atoms with Crippen molar-refractivity contribution in [1.82, 2.24) is 4.57 Å². The lowest BCUT2D eigenvalue weighted by molar-refractivity contribution is -0.138. The van der Waals surface area contributed by atoms with Gasteiger partial charge in [-0.1, -0.05) is 97.8 Å². The number of aromatic nitrogens is 1. The predicted molar refractivity (Wildman–Crippen MR) is 193 cm³/mol. The van der Waals surface area contributed by atoms with Gasteiger partial charge < -0.3 is 9.47 Å². The summed E-state index contributed by atoms with van der Waals surface area (Å²) in [6.07, 6.45) is 1.78. The Morgan fingerprint density at radius 1 is 1.02 bits per heavy atom. The van der Waals surface area contributed by atoms with Crippen molar-refractivity contribution < 1.29 is 18.7 Å². The molecule has 232 valence electrons. The first-order chi connectivity index (χ1) is 22.2. The molecule has 1 aliphatic rings. The minimum atomic E-state index is -0.899. The average Bonchev–Trinajstić information content (AvgIpc) is 3.35. The number of carbonyl (C=O) groups excluding carboxylic acids is 1. The van der Waals surface area contributed by atoms with Crippen LogP contribution in [0.3, 0.4) is 0 Å². The number of thiazole rings is 1. The Balaban J connectivity index is 1.55. The van der Waals surface area contributed by atoms with Crippen molar-refractivity contribution in [2.75, 3.05) is 6.61 Å². The third-order valence-corrected chi connectivity index (χ3v) is 9.95. The Morgan fingerprint density at radius 3 is 2.43 bits per heavy atom. The predicted octanol–water partition coefficient (Wildman–Crippen LogP) is 7.78. The number of esters is 1. The molecule has 1 aliphatic heterocycles. The molecule has 6 nitrogen and oxygen atoms in total. The molecule has 0 saturated carbocycles. The summed E-state index contributed by atoms with van der Waals surface area (Å²) in [6, 6.07) is 25.9. The summed E-state index contributed by atoms with van der Waals surface area (Å²) in [6.45, 7) is 2.19. The summed E-state index contributed by atoms with van der Waals surface area (Å²) in [5, 5.41) is 0. The van der Waals surface area contributed by atoms with Gasteiger partial charge in [-0.15, -0.1) is 0 Å². The molecule has 0 bridgehead atoms. The molecule has 4 aromatic carbocycles. The van der Waals surface area contributed by atoms with Crippen LogP contribution in [-0.2, 0) is 16.1 Å². The van der Waals surface area contributed by atoms with Gasteiger partial charge in [0.2, 0.25) is 0 Å². The fraction of sp³-hybridized carbons (Fsp3) is 0.114. The third-order valence-electron chi connectivity index (χ3n) is 7.18. The van der Waals surface area contributed by atoms with Crippen LogP contribution in [0, 0.1) is 9.39 Å². The minimum absolute atomic E-state index is 0.134. The largest absolute Gasteiger partial charge is 0.487 e. The molecular weight excluding hydrogens is 850 g/mol. The van der Waals surface area contributed by atoms with Crippen LogP contribution in [0.5, 0.6) is 5.75 Å². The van der Waals surface area contributed by atoms with E-state index >= 15 is 0 Å². The van der Waals surface area contributed by atoms with E-state index in [2.05, 4.69) is 54.5 Å². The minimum Gasteiger partial charge on any atom is -0.487 e. The Bertz CT molecular complexity index is 2150. The molecule has 5 aromatic rings. The number of carbonyl (C=O) groups is 1. The summed E-state index contributed by atoms with van der Waals surface area (Å²) in [5.41, 5.74) is 3.20. The second kappa shape index (κ2) is 14.2. The Kier molecular flexibility index (Phi) is 10.0. The van der Waals surface area contributed by atoms with Crippen molar-refractivity contribution in [1.29, 1.82) is 0 Å². The van der Waals surface area contributed by atoms with E-state index in [9.17, 15) is 14.0 Å². The number of halogens is 4. The first-order valence-electron chi connectivity index (χ1n) is 14.1. The average molecular weight is 874 g/mol. The first-order valence-corrected chi connectivity index (χ1v) is 17.6. The van der Waals surface area contributed by atoms with Crippen LogP contribution < -0.4 is 19.6 Å². The highest BCUT2D eigenvalue weighted by Gasteiger charge is 2.35. The molecule has 0 aliphatic carbocycles. The molecule has 0 amide bonds. The molecule has 11 heteroatoms. The zero-order valence-electron chi connectivity index (χ0n) is 24.2. The van der Waals surface area contributed by atoms with Crippen LogP contribution in [-0.4, -0.2) is 17.1 Å². The number of nitrogens with zero attached hydrogens (tertiary/aromatic N) is 2. The molecule has 46 heavy (non-hydrogen) atoms. The summed E-state index contributed by atoms with van der Waals surface area (Å²) in [7, 11) is 0. The molecule has 0 saturated heterocycles. The number of hydrogen-bond acceptors (Lipinski definition) is 6. The number of hydrogen-bond donors (Lipinski definition) is 0. The van der Waals surface area contributed by atoms with Gasteiger partial charge in [0.1, 0.15) is 18.2 Å². The van der Waals surface area contributed by atoms with Gasteiger partial charge in [0.15, 0.2) is 4.80 Å². The highest BCUT2D eigenvalue weighted by molar-refractivity contribution is 14.1. The SMILES string of the molecule is CCOC(=O)C1=C(c2ccccc2)N=c2s/c(=C\c3cc(Br)cc(I)c3OCc3ccc(Br)cc3)c(=O)n2[C@H]1c1ccc(F)cc1. The maximum atomic E-state index is 14.3. The monoisotopic (exact) mass is 872 g/mol. The lowest BCUT2D eigenvalue weighted by Gasteiger charge is -2.25. The maximum absolute atomic E-state index is 14.3. The van der Waals surface area contributed by atoms with Gasteiger partial charge in [0.05, 0.1) is 32.0 Å². The summed E-state index contributed by atoms with van der Waals surface area (Å²) >= 11 is 10.5. The Morgan fingerprint density at radius 2 is 1.74 bits per heavy atom. The second-order valence-corrected chi connectivity index (χ2v) is 14.2. The molecule has 6 rings (SSSR count). The summed E-state index contributed by atoms with van der Waals surface area (Å²) < 4.78 is 30.4. The smallest absolute Gasteiger partial charge is 0.338 e. The van der Waals surface area contributed by atoms with Crippen LogP contribution in [0.4, 0.5) is 4.39 Å². The zero-order valence-corrected chi connectivity index (χ0v) is 30.3. The molecular formula is C35H24Br2FIN2O4S. The molecule has 0 radical (unpaired) electrons. The molecule has 0 fully saturated rings. The van der Waals surface area contributed by atoms with Gasteiger partial charge >= 0.3 is 5.97 Å². The number of ether oxygens (including phenoxy) is 2. The van der Waals surface area contributed by atoms with Crippen LogP contribution in [0.15, 0.2) is 115 Å². The lowest BCUT2D eigenvalue weighted by Crippen LogP contribution is -2.40. The molecule has 2 heterocycles. The van der Waals surface area contributed by atoms with Crippen molar-refractivity contribution in [3.63, 3.8) is 0 Å². The van der Waals surface area contributed by atoms with Crippen LogP contribution in [0.25, 0.3) is 11.8 Å². The molecule has 1 aromatic heterocycles. The molecule has 1 atom stereocenters. The standard InChI is InChI=1S/C35H24Br2FIN2O4S/c1-2-44-34(43)29-30(21-6-4-3-5-7-21)40-35-41(31(29)22-10-14-26(38)15-11-22)33(42)28(46-35)17-23-16-25(37)18-27(39)32(23)45-19-20-8-12-24(36)13-9-20/h3-18,31H,2,19H2,1H3/b28-17-/t31-/m0/s1. The van der Waals surface area contributed by atoms with E-state index < -0.39 is 17.8 Å². The molecule has 0 unspecified atom stereocenters. The van der Waals surface area contributed by atoms with E-state index in [1.54, 1.807) is 25.1 Å². The Labute approximate surface area is 298 Å². The zero-order chi connectivity index (χ0) is 32.4. The van der Waals surface area contributed by atoms with Crippen molar-refractivity contribution >= 4 is 83.5 Å². The highest BCUT2D eigenvalue weighted by atomic mass is 127. The molecule has 0 spiro atoms. The number of benzene rings is 4. The lowest BCUT2D eigenvalue weighted by atomic mass is 9.93. The third kappa shape index (κ3) is 6.83. The van der Waals surface area contributed by atoms with Crippen molar-refractivity contribution in [2.45, 2.75) is 19.6 Å². The number of fused-ring (bicyclic) bond motifs is 1. The fourth-order valence-corrected chi connectivity index (χ4v) is 8.08. The van der Waals surface area contributed by atoms with Gasteiger partial charge in [0, 0.05) is 20.1 Å². The normalized spacial score (nSPS) is 14.5. The highest BCUT2D eigenvalue weighted by Crippen LogP contribution is 2.36. The van der Waals surface area contributed by atoms with Crippen LogP contribution in [0.2, 0.25) is 0 Å². The van der Waals surface area contributed by atoms with Crippen molar-refractivity contribution in [3.05, 3.63) is 157 Å². The van der Waals surface area contributed by atoms with Crippen molar-refractivity contribution in [3.8, 4) is 5.75 Å². The van der Waals surface area contributed by atoms with Crippen LogP contribution >= 0.6 is 65.8 Å². The second-order valence-electron chi connectivity index (χ2n) is 10.2. The fourth-order valence-electron chi connectivity index (χ4n) is 5.12. The van der Waals surface area contributed by atoms with Gasteiger partial charge in [-0.3, -0.25) is 9.36 Å². The topological polar surface area (TPSA) is 69.9 Å². The Hall–Kier alpha value is -3.39. The first kappa shape index (κ1) is 32.5. The summed E-state index contributed by atoms with van der Waals surface area (Å²) in [4.78, 5) is 33.2. The maximum Gasteiger partial charge on any atom is 0.338 e. The summed E-state index contributed by atoms with van der Waals surface area (Å²) in [5.74, 6) is -0.398. The van der Waals surface area contributed by atoms with E-state index in [4.69, 9.17) is 14.5 Å². The van der Waals surface area contributed by atoms with Gasteiger partial charge in [-0.05, 0) is 83.1 Å². The van der Waals surface area contributed by atoms with Gasteiger partial charge in [0.25, 0.3) is 5.56 Å². The quantitative estimate of drug-likeness (QED) is 0.118. The van der Waals surface area contributed by atoms with E-state index in [0.29, 0.717) is 44.1 Å². The van der Waals surface area contributed by atoms with E-state index in [-0.39, 0.29) is 17.7 Å².